The van der Waals surface area contributed by atoms with Gasteiger partial charge in [-0.2, -0.15) is 4.98 Å². The Morgan fingerprint density at radius 1 is 1.24 bits per heavy atom. The van der Waals surface area contributed by atoms with Crippen molar-refractivity contribution in [2.75, 3.05) is 35.7 Å². The maximum Gasteiger partial charge on any atom is 0.260 e. The number of carbonyl (C=O) groups excluding carboxylic acids is 2. The Labute approximate surface area is 216 Å². The largest absolute Gasteiger partial charge is 0.495 e. The standard InChI is InChI=1S/C25H26N8O3S/c1-36-19-11-13-5-9-33(24(35)16-3-2-7-27-16)18(13)12-17(19)30-25-31-22-14(4-8-28-22)23(32-25)29-15-6-10-37-20(15)21(26)34/h4,6,8,10-12,16,27H,2-3,5,7,9H2,1H3,(H2,26,34)(H3,28,29,30,31,32)/t16-/m0/s1. The number of aromatic amines is 1. The summed E-state index contributed by atoms with van der Waals surface area (Å²) in [6.07, 6.45) is 4.32. The van der Waals surface area contributed by atoms with Gasteiger partial charge in [-0.1, -0.05) is 0 Å². The molecule has 0 aliphatic carbocycles. The van der Waals surface area contributed by atoms with Crippen molar-refractivity contribution in [2.45, 2.75) is 25.3 Å². The van der Waals surface area contributed by atoms with Crippen molar-refractivity contribution < 1.29 is 14.3 Å². The highest BCUT2D eigenvalue weighted by Gasteiger charge is 2.32. The second-order valence-corrected chi connectivity index (χ2v) is 9.90. The highest BCUT2D eigenvalue weighted by atomic mass is 32.1. The van der Waals surface area contributed by atoms with Crippen LogP contribution in [0.25, 0.3) is 11.4 Å². The van der Waals surface area contributed by atoms with Gasteiger partial charge in [0, 0.05) is 18.4 Å². The van der Waals surface area contributed by atoms with Crippen LogP contribution < -0.4 is 31.3 Å². The van der Waals surface area contributed by atoms with Crippen molar-refractivity contribution in [1.29, 1.82) is 0 Å². The number of nitrogens with zero attached hydrogens (tertiary/aromatic N) is 3. The first-order valence-electron chi connectivity index (χ1n) is 12.0. The molecule has 1 aromatic heterocycles. The number of aromatic nitrogens is 3. The number of fused-ring (bicyclic) bond motifs is 2. The Morgan fingerprint density at radius 3 is 2.92 bits per heavy atom. The Balaban J connectivity index is 1.34. The first-order valence-corrected chi connectivity index (χ1v) is 12.9. The van der Waals surface area contributed by atoms with Crippen molar-refractivity contribution in [3.8, 4) is 17.1 Å². The molecule has 2 aromatic rings. The number of H-pyrrole nitrogens is 1. The van der Waals surface area contributed by atoms with Crippen molar-refractivity contribution in [3.05, 3.63) is 46.3 Å². The van der Waals surface area contributed by atoms with E-state index in [1.54, 1.807) is 24.8 Å². The zero-order valence-electron chi connectivity index (χ0n) is 20.1. The first-order chi connectivity index (χ1) is 18.0. The minimum absolute atomic E-state index is 0.104. The first kappa shape index (κ1) is 23.3. The monoisotopic (exact) mass is 518 g/mol. The molecule has 37 heavy (non-hydrogen) atoms. The van der Waals surface area contributed by atoms with Crippen molar-refractivity contribution in [1.82, 2.24) is 20.3 Å². The van der Waals surface area contributed by atoms with Crippen LogP contribution in [-0.4, -0.2) is 53.0 Å². The van der Waals surface area contributed by atoms with E-state index >= 15 is 0 Å². The highest BCUT2D eigenvalue weighted by Crippen LogP contribution is 2.40. The number of carbonyl (C=O) groups is 2. The van der Waals surface area contributed by atoms with Crippen molar-refractivity contribution >= 4 is 52.0 Å². The van der Waals surface area contributed by atoms with E-state index < -0.39 is 5.91 Å². The number of nitrogens with one attached hydrogen (secondary N) is 4. The average Bonchev–Trinajstić information content (AvgIpc) is 3.70. The van der Waals surface area contributed by atoms with Gasteiger partial charge in [0.05, 0.1) is 30.1 Å². The molecule has 2 amide bonds. The van der Waals surface area contributed by atoms with Gasteiger partial charge in [-0.15, -0.1) is 11.3 Å². The Bertz CT molecular complexity index is 1460. The van der Waals surface area contributed by atoms with E-state index in [4.69, 9.17) is 15.5 Å². The van der Waals surface area contributed by atoms with Crippen LogP contribution in [0.1, 0.15) is 28.1 Å². The molecule has 11 nitrogen and oxygen atoms in total. The molecular weight excluding hydrogens is 492 g/mol. The van der Waals surface area contributed by atoms with E-state index in [9.17, 15) is 9.59 Å². The van der Waals surface area contributed by atoms with E-state index in [2.05, 4.69) is 25.9 Å². The van der Waals surface area contributed by atoms with Gasteiger partial charge < -0.3 is 36.3 Å². The van der Waals surface area contributed by atoms with Crippen molar-refractivity contribution in [2.24, 2.45) is 5.73 Å². The molecule has 0 bridgehead atoms. The lowest BCUT2D eigenvalue weighted by Gasteiger charge is -2.22. The lowest BCUT2D eigenvalue weighted by molar-refractivity contribution is -0.120. The summed E-state index contributed by atoms with van der Waals surface area (Å²) in [7, 11) is 1.61. The maximum absolute atomic E-state index is 13.2. The van der Waals surface area contributed by atoms with Gasteiger partial charge in [-0.3, -0.25) is 9.59 Å². The fraction of sp³-hybridized carbons (Fsp3) is 0.280. The molecule has 5 heterocycles. The molecule has 0 unspecified atom stereocenters. The van der Waals surface area contributed by atoms with Crippen LogP contribution in [0, 0.1) is 0 Å². The summed E-state index contributed by atoms with van der Waals surface area (Å²) < 4.78 is 5.67. The second kappa shape index (κ2) is 9.37. The summed E-state index contributed by atoms with van der Waals surface area (Å²) in [6, 6.07) is 7.38. The topological polar surface area (TPSA) is 150 Å². The number of benzene rings is 1. The third-order valence-electron chi connectivity index (χ3n) is 6.73. The molecule has 0 spiro atoms. The molecule has 6 rings (SSSR count). The maximum atomic E-state index is 13.2. The van der Waals surface area contributed by atoms with Crippen LogP contribution in [0.3, 0.4) is 0 Å². The normalized spacial score (nSPS) is 16.7. The zero-order chi connectivity index (χ0) is 25.5. The Morgan fingerprint density at radius 2 is 2.14 bits per heavy atom. The molecule has 12 heteroatoms. The van der Waals surface area contributed by atoms with E-state index in [1.165, 1.54) is 11.3 Å². The van der Waals surface area contributed by atoms with Crippen LogP contribution in [-0.2, 0) is 11.2 Å². The molecule has 190 valence electrons. The lowest BCUT2D eigenvalue weighted by atomic mass is 10.1. The number of rotatable bonds is 7. The number of hydrogen-bond acceptors (Lipinski definition) is 9. The molecule has 0 radical (unpaired) electrons. The third kappa shape index (κ3) is 4.23. The minimum Gasteiger partial charge on any atom is -0.495 e. The summed E-state index contributed by atoms with van der Waals surface area (Å²) >= 11 is 1.26. The van der Waals surface area contributed by atoms with Gasteiger partial charge in [0.25, 0.3) is 5.91 Å². The summed E-state index contributed by atoms with van der Waals surface area (Å²) in [5.74, 6) is 1.77. The number of primary amides is 1. The van der Waals surface area contributed by atoms with E-state index in [-0.39, 0.29) is 11.9 Å². The number of thiophene rings is 1. The van der Waals surface area contributed by atoms with Gasteiger partial charge in [-0.05, 0) is 61.0 Å². The molecule has 4 aliphatic rings. The van der Waals surface area contributed by atoms with Gasteiger partial charge in [0.1, 0.15) is 22.3 Å². The lowest BCUT2D eigenvalue weighted by Crippen LogP contribution is -2.42. The summed E-state index contributed by atoms with van der Waals surface area (Å²) in [4.78, 5) is 39.6. The number of methoxy groups -OCH3 is 1. The number of anilines is 5. The number of amides is 2. The predicted molar refractivity (Wildman–Crippen MR) is 142 cm³/mol. The number of hydrogen-bond donors (Lipinski definition) is 5. The third-order valence-corrected chi connectivity index (χ3v) is 7.66. The SMILES string of the molecule is COc1cc2c(cc1Nc1nc(Nc3ccsc3C(N)=O)c3ccnc-3[nH]1)N(C(=O)[C@@H]1CCCN1)CC2. The Hall–Kier alpha value is -4.16. The second-order valence-electron chi connectivity index (χ2n) is 8.99. The van der Waals surface area contributed by atoms with Gasteiger partial charge in [0.2, 0.25) is 11.9 Å². The minimum atomic E-state index is -0.509. The fourth-order valence-corrected chi connectivity index (χ4v) is 5.64. The highest BCUT2D eigenvalue weighted by molar-refractivity contribution is 7.12. The molecular formula is C25H26N8O3S. The average molecular weight is 519 g/mol. The van der Waals surface area contributed by atoms with Crippen LogP contribution in [0.15, 0.2) is 35.8 Å². The predicted octanol–water partition coefficient (Wildman–Crippen LogP) is 3.21. The summed E-state index contributed by atoms with van der Waals surface area (Å²) in [5.41, 5.74) is 9.46. The number of ether oxygens (including phenoxy) is 1. The van der Waals surface area contributed by atoms with E-state index in [0.29, 0.717) is 46.1 Å². The quantitative estimate of drug-likeness (QED) is 0.250. The molecule has 1 atom stereocenters. The summed E-state index contributed by atoms with van der Waals surface area (Å²) in [6.45, 7) is 1.51. The number of nitrogens with two attached hydrogens (primary N) is 1. The van der Waals surface area contributed by atoms with Crippen LogP contribution >= 0.6 is 11.3 Å². The van der Waals surface area contributed by atoms with Crippen molar-refractivity contribution in [3.63, 3.8) is 0 Å². The van der Waals surface area contributed by atoms with Gasteiger partial charge in [0.15, 0.2) is 0 Å². The molecule has 6 N–H and O–H groups in total. The van der Waals surface area contributed by atoms with Crippen LogP contribution in [0.4, 0.5) is 28.8 Å². The fourth-order valence-electron chi connectivity index (χ4n) is 4.94. The smallest absolute Gasteiger partial charge is 0.260 e. The van der Waals surface area contributed by atoms with Crippen LogP contribution in [0.5, 0.6) is 5.75 Å². The molecule has 1 aromatic carbocycles. The molecule has 1 saturated heterocycles. The molecule has 0 saturated carbocycles. The van der Waals surface area contributed by atoms with Gasteiger partial charge >= 0.3 is 0 Å². The zero-order valence-corrected chi connectivity index (χ0v) is 20.9. The van der Waals surface area contributed by atoms with Gasteiger partial charge in [-0.25, -0.2) is 4.98 Å². The van der Waals surface area contributed by atoms with E-state index in [1.807, 2.05) is 23.1 Å². The van der Waals surface area contributed by atoms with E-state index in [0.717, 1.165) is 42.6 Å². The summed E-state index contributed by atoms with van der Waals surface area (Å²) in [5, 5.41) is 11.6. The molecule has 4 aliphatic heterocycles. The molecule has 1 fully saturated rings. The Kier molecular flexibility index (Phi) is 5.89. The van der Waals surface area contributed by atoms with Crippen LogP contribution in [0.2, 0.25) is 0 Å².